The van der Waals surface area contributed by atoms with Crippen LogP contribution in [0, 0.1) is 6.92 Å². The second kappa shape index (κ2) is 6.17. The van der Waals surface area contributed by atoms with Gasteiger partial charge in [0.25, 0.3) is 0 Å². The maximum Gasteiger partial charge on any atom is 0.0447 e. The smallest absolute Gasteiger partial charge is 0.0447 e. The molecular formula is C15H16ClNS. The predicted octanol–water partition coefficient (Wildman–Crippen LogP) is 4.66. The molecule has 0 saturated carbocycles. The minimum atomic E-state index is 0.769. The number of anilines is 1. The van der Waals surface area contributed by atoms with E-state index in [0.29, 0.717) is 0 Å². The van der Waals surface area contributed by atoms with Crippen LogP contribution in [-0.2, 0) is 11.5 Å². The SMILES string of the molecule is Cc1ccccc1CSCc1cc(N)ccc1Cl. The van der Waals surface area contributed by atoms with Crippen LogP contribution < -0.4 is 5.73 Å². The van der Waals surface area contributed by atoms with Crippen LogP contribution in [0.2, 0.25) is 5.02 Å². The number of benzene rings is 2. The quantitative estimate of drug-likeness (QED) is 0.822. The number of aryl methyl sites for hydroxylation is 1. The van der Waals surface area contributed by atoms with Crippen molar-refractivity contribution in [2.24, 2.45) is 0 Å². The number of halogens is 1. The third-order valence-corrected chi connectivity index (χ3v) is 4.25. The number of rotatable bonds is 4. The highest BCUT2D eigenvalue weighted by Gasteiger charge is 2.02. The first-order valence-electron chi connectivity index (χ1n) is 5.83. The summed E-state index contributed by atoms with van der Waals surface area (Å²) in [5, 5.41) is 0.793. The van der Waals surface area contributed by atoms with Crippen LogP contribution in [0.1, 0.15) is 16.7 Å². The summed E-state index contributed by atoms with van der Waals surface area (Å²) in [6, 6.07) is 14.1. The fourth-order valence-corrected chi connectivity index (χ4v) is 3.12. The molecule has 0 atom stereocenters. The Bertz CT molecular complexity index is 540. The molecule has 0 aromatic heterocycles. The Morgan fingerprint density at radius 1 is 1.06 bits per heavy atom. The summed E-state index contributed by atoms with van der Waals surface area (Å²) < 4.78 is 0. The molecule has 3 heteroatoms. The van der Waals surface area contributed by atoms with E-state index >= 15 is 0 Å². The highest BCUT2D eigenvalue weighted by molar-refractivity contribution is 7.97. The summed E-state index contributed by atoms with van der Waals surface area (Å²) in [4.78, 5) is 0. The molecule has 2 aromatic rings. The summed E-state index contributed by atoms with van der Waals surface area (Å²) in [5.41, 5.74) is 10.4. The molecule has 0 radical (unpaired) electrons. The van der Waals surface area contributed by atoms with Crippen molar-refractivity contribution in [3.63, 3.8) is 0 Å². The lowest BCUT2D eigenvalue weighted by Gasteiger charge is -2.07. The van der Waals surface area contributed by atoms with Crippen molar-refractivity contribution in [3.8, 4) is 0 Å². The van der Waals surface area contributed by atoms with Crippen molar-refractivity contribution >= 4 is 29.1 Å². The second-order valence-electron chi connectivity index (χ2n) is 4.27. The molecule has 2 rings (SSSR count). The lowest BCUT2D eigenvalue weighted by Crippen LogP contribution is -1.90. The van der Waals surface area contributed by atoms with Gasteiger partial charge in [0.05, 0.1) is 0 Å². The average Bonchev–Trinajstić information content (AvgIpc) is 2.36. The Morgan fingerprint density at radius 3 is 2.56 bits per heavy atom. The van der Waals surface area contributed by atoms with E-state index in [2.05, 4.69) is 31.2 Å². The van der Waals surface area contributed by atoms with E-state index in [1.807, 2.05) is 30.0 Å². The van der Waals surface area contributed by atoms with E-state index in [0.717, 1.165) is 27.8 Å². The van der Waals surface area contributed by atoms with Crippen LogP contribution in [0.5, 0.6) is 0 Å². The Balaban J connectivity index is 1.96. The summed E-state index contributed by atoms with van der Waals surface area (Å²) >= 11 is 8.00. The molecule has 0 fully saturated rings. The van der Waals surface area contributed by atoms with Crippen LogP contribution in [0.4, 0.5) is 5.69 Å². The van der Waals surface area contributed by atoms with Crippen molar-refractivity contribution in [2.45, 2.75) is 18.4 Å². The van der Waals surface area contributed by atoms with Crippen molar-refractivity contribution in [2.75, 3.05) is 5.73 Å². The number of nitrogen functional groups attached to an aromatic ring is 1. The van der Waals surface area contributed by atoms with Crippen LogP contribution >= 0.6 is 23.4 Å². The van der Waals surface area contributed by atoms with Gasteiger partial charge in [0, 0.05) is 22.2 Å². The third-order valence-electron chi connectivity index (χ3n) is 2.85. The number of hydrogen-bond donors (Lipinski definition) is 1. The summed E-state index contributed by atoms with van der Waals surface area (Å²) in [7, 11) is 0. The lowest BCUT2D eigenvalue weighted by atomic mass is 10.1. The molecule has 0 bridgehead atoms. The van der Waals surface area contributed by atoms with Gasteiger partial charge in [-0.05, 0) is 41.8 Å². The molecule has 0 unspecified atom stereocenters. The summed E-state index contributed by atoms with van der Waals surface area (Å²) in [5.74, 6) is 1.88. The minimum absolute atomic E-state index is 0.769. The van der Waals surface area contributed by atoms with Gasteiger partial charge in [0.15, 0.2) is 0 Å². The molecule has 1 nitrogen and oxygen atoms in total. The van der Waals surface area contributed by atoms with Gasteiger partial charge in [0.1, 0.15) is 0 Å². The number of hydrogen-bond acceptors (Lipinski definition) is 2. The standard InChI is InChI=1S/C15H16ClNS/c1-11-4-2-3-5-12(11)9-18-10-13-8-14(17)6-7-15(13)16/h2-8H,9-10,17H2,1H3. The summed E-state index contributed by atoms with van der Waals surface area (Å²) in [6.07, 6.45) is 0. The molecule has 2 aromatic carbocycles. The van der Waals surface area contributed by atoms with E-state index in [1.54, 1.807) is 0 Å². The van der Waals surface area contributed by atoms with E-state index < -0.39 is 0 Å². The third kappa shape index (κ3) is 3.44. The minimum Gasteiger partial charge on any atom is -0.399 e. The molecule has 0 aliphatic carbocycles. The van der Waals surface area contributed by atoms with Gasteiger partial charge < -0.3 is 5.73 Å². The lowest BCUT2D eigenvalue weighted by molar-refractivity contribution is 1.30. The zero-order chi connectivity index (χ0) is 13.0. The largest absolute Gasteiger partial charge is 0.399 e. The van der Waals surface area contributed by atoms with Crippen molar-refractivity contribution in [1.82, 2.24) is 0 Å². The topological polar surface area (TPSA) is 26.0 Å². The fourth-order valence-electron chi connectivity index (χ4n) is 1.75. The van der Waals surface area contributed by atoms with Gasteiger partial charge in [-0.25, -0.2) is 0 Å². The monoisotopic (exact) mass is 277 g/mol. The maximum atomic E-state index is 6.14. The first kappa shape index (κ1) is 13.3. The van der Waals surface area contributed by atoms with E-state index in [9.17, 15) is 0 Å². The highest BCUT2D eigenvalue weighted by atomic mass is 35.5. The summed E-state index contributed by atoms with van der Waals surface area (Å²) in [6.45, 7) is 2.14. The van der Waals surface area contributed by atoms with Crippen molar-refractivity contribution in [1.29, 1.82) is 0 Å². The molecule has 0 aliphatic heterocycles. The molecule has 0 amide bonds. The number of nitrogens with two attached hydrogens (primary N) is 1. The van der Waals surface area contributed by atoms with Crippen LogP contribution in [0.25, 0.3) is 0 Å². The zero-order valence-electron chi connectivity index (χ0n) is 10.3. The molecule has 0 heterocycles. The van der Waals surface area contributed by atoms with E-state index in [1.165, 1.54) is 11.1 Å². The molecule has 2 N–H and O–H groups in total. The molecule has 94 valence electrons. The Hall–Kier alpha value is -1.12. The Kier molecular flexibility index (Phi) is 4.56. The van der Waals surface area contributed by atoms with Gasteiger partial charge in [-0.3, -0.25) is 0 Å². The van der Waals surface area contributed by atoms with Gasteiger partial charge in [-0.15, -0.1) is 0 Å². The zero-order valence-corrected chi connectivity index (χ0v) is 11.9. The predicted molar refractivity (Wildman–Crippen MR) is 82.0 cm³/mol. The molecular weight excluding hydrogens is 262 g/mol. The van der Waals surface area contributed by atoms with Crippen LogP contribution in [0.3, 0.4) is 0 Å². The van der Waals surface area contributed by atoms with Gasteiger partial charge in [-0.2, -0.15) is 11.8 Å². The van der Waals surface area contributed by atoms with E-state index in [4.69, 9.17) is 17.3 Å². The first-order valence-corrected chi connectivity index (χ1v) is 7.36. The molecule has 0 saturated heterocycles. The maximum absolute atomic E-state index is 6.14. The highest BCUT2D eigenvalue weighted by Crippen LogP contribution is 2.26. The molecule has 0 spiro atoms. The van der Waals surface area contributed by atoms with Gasteiger partial charge >= 0.3 is 0 Å². The first-order chi connectivity index (χ1) is 8.66. The van der Waals surface area contributed by atoms with Crippen LogP contribution in [-0.4, -0.2) is 0 Å². The molecule has 0 aliphatic rings. The van der Waals surface area contributed by atoms with Crippen molar-refractivity contribution in [3.05, 3.63) is 64.2 Å². The van der Waals surface area contributed by atoms with Crippen LogP contribution in [0.15, 0.2) is 42.5 Å². The van der Waals surface area contributed by atoms with E-state index in [-0.39, 0.29) is 0 Å². The second-order valence-corrected chi connectivity index (χ2v) is 5.66. The fraction of sp³-hybridized carbons (Fsp3) is 0.200. The normalized spacial score (nSPS) is 10.6. The number of thioether (sulfide) groups is 1. The van der Waals surface area contributed by atoms with Crippen molar-refractivity contribution < 1.29 is 0 Å². The average molecular weight is 278 g/mol. The van der Waals surface area contributed by atoms with Gasteiger partial charge in [-0.1, -0.05) is 35.9 Å². The van der Waals surface area contributed by atoms with Gasteiger partial charge in [0.2, 0.25) is 0 Å². The Labute approximate surface area is 117 Å². The Morgan fingerprint density at radius 2 is 1.78 bits per heavy atom. The molecule has 18 heavy (non-hydrogen) atoms.